The van der Waals surface area contributed by atoms with Gasteiger partial charge in [0.15, 0.2) is 0 Å². The van der Waals surface area contributed by atoms with Crippen LogP contribution in [0.5, 0.6) is 11.6 Å². The largest absolute Gasteiger partial charge is 0.439 e. The van der Waals surface area contributed by atoms with Crippen molar-refractivity contribution in [2.24, 2.45) is 12.2 Å². The van der Waals surface area contributed by atoms with Gasteiger partial charge in [0.1, 0.15) is 12.4 Å². The smallest absolute Gasteiger partial charge is 0.416 e. The van der Waals surface area contributed by atoms with Gasteiger partial charge in [-0.3, -0.25) is 0 Å². The van der Waals surface area contributed by atoms with Gasteiger partial charge in [-0.05, 0) is 48.9 Å². The van der Waals surface area contributed by atoms with Crippen molar-refractivity contribution in [1.29, 1.82) is 0 Å². The summed E-state index contributed by atoms with van der Waals surface area (Å²) in [6, 6.07) is 11.6. The van der Waals surface area contributed by atoms with E-state index in [0.717, 1.165) is 12.1 Å². The Bertz CT molecular complexity index is 998. The highest BCUT2D eigenvalue weighted by molar-refractivity contribution is 6.30. The molecule has 0 radical (unpaired) electrons. The fourth-order valence-corrected chi connectivity index (χ4v) is 2.66. The number of rotatable bonds is 6. The highest BCUT2D eigenvalue weighted by Crippen LogP contribution is 2.29. The van der Waals surface area contributed by atoms with Crippen molar-refractivity contribution in [3.05, 3.63) is 75.9 Å². The molecular weight excluding hydrogens is 407 g/mol. The Kier molecular flexibility index (Phi) is 6.12. The second-order valence-electron chi connectivity index (χ2n) is 6.19. The summed E-state index contributed by atoms with van der Waals surface area (Å²) in [6.45, 7) is 1.83. The molecule has 2 aromatic carbocycles. The normalized spacial score (nSPS) is 11.8. The van der Waals surface area contributed by atoms with E-state index in [1.807, 2.05) is 0 Å². The van der Waals surface area contributed by atoms with Crippen molar-refractivity contribution in [3.8, 4) is 11.6 Å². The van der Waals surface area contributed by atoms with Crippen molar-refractivity contribution >= 4 is 17.8 Å². The molecule has 152 valence electrons. The quantitative estimate of drug-likeness (QED) is 0.375. The molecule has 5 nitrogen and oxygen atoms in total. The van der Waals surface area contributed by atoms with E-state index in [9.17, 15) is 13.2 Å². The van der Waals surface area contributed by atoms with Crippen LogP contribution in [0.25, 0.3) is 0 Å². The van der Waals surface area contributed by atoms with E-state index >= 15 is 0 Å². The van der Waals surface area contributed by atoms with E-state index in [4.69, 9.17) is 21.2 Å². The fraction of sp³-hybridized carbons (Fsp3) is 0.200. The zero-order valence-electron chi connectivity index (χ0n) is 15.6. The minimum Gasteiger partial charge on any atom is -0.439 e. The highest BCUT2D eigenvalue weighted by Gasteiger charge is 2.29. The van der Waals surface area contributed by atoms with Gasteiger partial charge < -0.3 is 9.57 Å². The number of ether oxygens (including phenoxy) is 1. The lowest BCUT2D eigenvalue weighted by Gasteiger charge is -2.07. The maximum absolute atomic E-state index is 12.6. The van der Waals surface area contributed by atoms with Gasteiger partial charge in [-0.25, -0.2) is 4.68 Å². The molecule has 0 saturated heterocycles. The van der Waals surface area contributed by atoms with Gasteiger partial charge in [0.2, 0.25) is 5.88 Å². The first kappa shape index (κ1) is 20.7. The minimum atomic E-state index is -4.37. The highest BCUT2D eigenvalue weighted by atomic mass is 35.5. The molecule has 3 rings (SSSR count). The average molecular weight is 424 g/mol. The average Bonchev–Trinajstić information content (AvgIpc) is 2.93. The molecule has 0 atom stereocenters. The first-order chi connectivity index (χ1) is 13.7. The lowest BCUT2D eigenvalue weighted by atomic mass is 10.1. The second-order valence-corrected chi connectivity index (χ2v) is 6.62. The minimum absolute atomic E-state index is 0.0291. The molecule has 0 N–H and O–H groups in total. The standard InChI is InChI=1S/C20H17ClF3N3O2/c1-13-18(19(27(2)26-13)29-17-9-7-16(21)8-10-17)11-25-28-12-14-3-5-15(6-4-14)20(22,23)24/h3-11H,12H2,1-2H3/b25-11+. The molecule has 0 aliphatic carbocycles. The lowest BCUT2D eigenvalue weighted by molar-refractivity contribution is -0.137. The molecule has 1 aromatic heterocycles. The van der Waals surface area contributed by atoms with Crippen LogP contribution in [0, 0.1) is 6.92 Å². The summed E-state index contributed by atoms with van der Waals surface area (Å²) in [5, 5.41) is 8.80. The lowest BCUT2D eigenvalue weighted by Crippen LogP contribution is -2.04. The summed E-state index contributed by atoms with van der Waals surface area (Å²) in [6.07, 6.45) is -2.91. The third kappa shape index (κ3) is 5.29. The van der Waals surface area contributed by atoms with Crippen LogP contribution in [0.15, 0.2) is 53.7 Å². The van der Waals surface area contributed by atoms with Crippen LogP contribution >= 0.6 is 11.6 Å². The van der Waals surface area contributed by atoms with Crippen LogP contribution in [0.1, 0.15) is 22.4 Å². The molecule has 3 aromatic rings. The number of oxime groups is 1. The van der Waals surface area contributed by atoms with E-state index in [1.54, 1.807) is 42.9 Å². The molecule has 9 heteroatoms. The molecule has 0 unspecified atom stereocenters. The SMILES string of the molecule is Cc1nn(C)c(Oc2ccc(Cl)cc2)c1/C=N/OCc1ccc(C(F)(F)F)cc1. The first-order valence-corrected chi connectivity index (χ1v) is 8.90. The Hall–Kier alpha value is -3.00. The molecule has 0 aliphatic rings. The Balaban J connectivity index is 1.66. The maximum Gasteiger partial charge on any atom is 0.416 e. The number of hydrogen-bond acceptors (Lipinski definition) is 4. The fourth-order valence-electron chi connectivity index (χ4n) is 2.53. The third-order valence-corrected chi connectivity index (χ3v) is 4.26. The maximum atomic E-state index is 12.6. The van der Waals surface area contributed by atoms with Gasteiger partial charge in [0.25, 0.3) is 0 Å². The van der Waals surface area contributed by atoms with Gasteiger partial charge in [0.05, 0.1) is 23.0 Å². The molecule has 0 amide bonds. The Morgan fingerprint density at radius 1 is 1.10 bits per heavy atom. The van der Waals surface area contributed by atoms with Crippen molar-refractivity contribution < 1.29 is 22.7 Å². The molecular formula is C20H17ClF3N3O2. The van der Waals surface area contributed by atoms with E-state index in [2.05, 4.69) is 10.3 Å². The second kappa shape index (κ2) is 8.57. The molecule has 1 heterocycles. The number of aromatic nitrogens is 2. The number of benzene rings is 2. The first-order valence-electron chi connectivity index (χ1n) is 8.52. The Labute approximate surface area is 170 Å². The van der Waals surface area contributed by atoms with Crippen molar-refractivity contribution in [1.82, 2.24) is 9.78 Å². The number of nitrogens with zero attached hydrogens (tertiary/aromatic N) is 3. The number of aryl methyl sites for hydroxylation is 2. The summed E-state index contributed by atoms with van der Waals surface area (Å²) in [4.78, 5) is 5.21. The summed E-state index contributed by atoms with van der Waals surface area (Å²) < 4.78 is 45.2. The van der Waals surface area contributed by atoms with E-state index in [1.165, 1.54) is 18.3 Å². The number of hydrogen-bond donors (Lipinski definition) is 0. The van der Waals surface area contributed by atoms with Crippen LogP contribution < -0.4 is 4.74 Å². The monoisotopic (exact) mass is 423 g/mol. The van der Waals surface area contributed by atoms with Crippen LogP contribution in [0.3, 0.4) is 0 Å². The number of alkyl halides is 3. The Morgan fingerprint density at radius 2 is 1.76 bits per heavy atom. The topological polar surface area (TPSA) is 48.6 Å². The molecule has 0 fully saturated rings. The van der Waals surface area contributed by atoms with Gasteiger partial charge in [-0.2, -0.15) is 18.3 Å². The summed E-state index contributed by atoms with van der Waals surface area (Å²) in [5.41, 5.74) is 1.16. The summed E-state index contributed by atoms with van der Waals surface area (Å²) in [7, 11) is 1.73. The zero-order chi connectivity index (χ0) is 21.0. The van der Waals surface area contributed by atoms with Crippen LogP contribution in [0.2, 0.25) is 5.02 Å². The number of halogens is 4. The Morgan fingerprint density at radius 3 is 2.38 bits per heavy atom. The predicted octanol–water partition coefficient (Wildman–Crippen LogP) is 5.74. The van der Waals surface area contributed by atoms with Gasteiger partial charge in [-0.15, -0.1) is 0 Å². The van der Waals surface area contributed by atoms with Crippen LogP contribution in [-0.4, -0.2) is 16.0 Å². The van der Waals surface area contributed by atoms with Gasteiger partial charge >= 0.3 is 6.18 Å². The van der Waals surface area contributed by atoms with E-state index < -0.39 is 11.7 Å². The molecule has 0 bridgehead atoms. The van der Waals surface area contributed by atoms with Crippen LogP contribution in [-0.2, 0) is 24.7 Å². The van der Waals surface area contributed by atoms with Crippen molar-refractivity contribution in [2.45, 2.75) is 19.7 Å². The van der Waals surface area contributed by atoms with Gasteiger partial charge in [-0.1, -0.05) is 28.9 Å². The molecule has 0 saturated carbocycles. The van der Waals surface area contributed by atoms with Crippen molar-refractivity contribution in [3.63, 3.8) is 0 Å². The van der Waals surface area contributed by atoms with E-state index in [-0.39, 0.29) is 6.61 Å². The van der Waals surface area contributed by atoms with E-state index in [0.29, 0.717) is 33.5 Å². The third-order valence-electron chi connectivity index (χ3n) is 4.01. The zero-order valence-corrected chi connectivity index (χ0v) is 16.3. The van der Waals surface area contributed by atoms with Gasteiger partial charge in [0, 0.05) is 12.1 Å². The predicted molar refractivity (Wildman–Crippen MR) is 103 cm³/mol. The molecule has 29 heavy (non-hydrogen) atoms. The summed E-state index contributed by atoms with van der Waals surface area (Å²) in [5.74, 6) is 1.05. The van der Waals surface area contributed by atoms with Crippen molar-refractivity contribution in [2.75, 3.05) is 0 Å². The van der Waals surface area contributed by atoms with Crippen LogP contribution in [0.4, 0.5) is 13.2 Å². The molecule has 0 spiro atoms. The molecule has 0 aliphatic heterocycles. The summed E-state index contributed by atoms with van der Waals surface area (Å²) >= 11 is 5.88.